The highest BCUT2D eigenvalue weighted by Crippen LogP contribution is 2.22. The summed E-state index contributed by atoms with van der Waals surface area (Å²) in [6.45, 7) is 6.87. The molecule has 2 aromatic rings. The van der Waals surface area contributed by atoms with Gasteiger partial charge < -0.3 is 5.32 Å². The molecule has 3 heteroatoms. The van der Waals surface area contributed by atoms with E-state index in [-0.39, 0.29) is 5.82 Å². The van der Waals surface area contributed by atoms with Crippen LogP contribution in [0.4, 0.5) is 4.39 Å². The van der Waals surface area contributed by atoms with Crippen LogP contribution >= 0.6 is 0 Å². The summed E-state index contributed by atoms with van der Waals surface area (Å²) < 4.78 is 13.4. The minimum absolute atomic E-state index is 0.208. The topological polar surface area (TPSA) is 24.9 Å². The predicted octanol–water partition coefficient (Wildman–Crippen LogP) is 3.69. The van der Waals surface area contributed by atoms with Gasteiger partial charge in [-0.3, -0.25) is 4.98 Å². The first kappa shape index (κ1) is 13.7. The minimum atomic E-state index is -0.208. The number of halogens is 1. The van der Waals surface area contributed by atoms with Crippen LogP contribution in [-0.2, 0) is 6.54 Å². The molecule has 0 atom stereocenters. The maximum atomic E-state index is 13.4. The molecule has 0 aliphatic rings. The third-order valence-corrected chi connectivity index (χ3v) is 2.88. The van der Waals surface area contributed by atoms with E-state index in [9.17, 15) is 4.39 Å². The molecule has 0 aliphatic carbocycles. The zero-order valence-corrected chi connectivity index (χ0v) is 11.6. The number of benzene rings is 1. The Labute approximate surface area is 113 Å². The first-order valence-corrected chi connectivity index (χ1v) is 6.49. The maximum Gasteiger partial charge on any atom is 0.124 e. The Morgan fingerprint density at radius 2 is 1.89 bits per heavy atom. The van der Waals surface area contributed by atoms with Crippen molar-refractivity contribution in [1.29, 1.82) is 0 Å². The minimum Gasteiger partial charge on any atom is -0.310 e. The molecule has 1 aromatic carbocycles. The van der Waals surface area contributed by atoms with Crippen molar-refractivity contribution < 1.29 is 4.39 Å². The van der Waals surface area contributed by atoms with E-state index in [0.29, 0.717) is 6.04 Å². The van der Waals surface area contributed by atoms with Gasteiger partial charge in [-0.1, -0.05) is 19.9 Å². The van der Waals surface area contributed by atoms with Crippen LogP contribution < -0.4 is 5.32 Å². The van der Waals surface area contributed by atoms with Crippen molar-refractivity contribution in [3.05, 3.63) is 53.6 Å². The molecule has 2 rings (SSSR count). The lowest BCUT2D eigenvalue weighted by Crippen LogP contribution is -2.21. The second-order valence-corrected chi connectivity index (χ2v) is 5.13. The molecule has 0 bridgehead atoms. The Balaban J connectivity index is 2.27. The summed E-state index contributed by atoms with van der Waals surface area (Å²) >= 11 is 0. The van der Waals surface area contributed by atoms with Crippen LogP contribution in [0.15, 0.2) is 36.7 Å². The van der Waals surface area contributed by atoms with E-state index in [1.165, 1.54) is 6.07 Å². The second kappa shape index (κ2) is 5.93. The van der Waals surface area contributed by atoms with Gasteiger partial charge in [0.25, 0.3) is 0 Å². The summed E-state index contributed by atoms with van der Waals surface area (Å²) in [5, 5.41) is 3.35. The maximum absolute atomic E-state index is 13.4. The lowest BCUT2D eigenvalue weighted by atomic mass is 10.0. The molecule has 1 N–H and O–H groups in total. The normalized spacial score (nSPS) is 11.0. The molecule has 19 heavy (non-hydrogen) atoms. The van der Waals surface area contributed by atoms with Crippen LogP contribution in [-0.4, -0.2) is 11.0 Å². The molecule has 2 nitrogen and oxygen atoms in total. The zero-order chi connectivity index (χ0) is 13.8. The van der Waals surface area contributed by atoms with Gasteiger partial charge in [0.05, 0.1) is 0 Å². The van der Waals surface area contributed by atoms with Crippen molar-refractivity contribution in [2.75, 3.05) is 0 Å². The Morgan fingerprint density at radius 1 is 1.11 bits per heavy atom. The van der Waals surface area contributed by atoms with Gasteiger partial charge in [0.2, 0.25) is 0 Å². The average molecular weight is 258 g/mol. The number of rotatable bonds is 4. The number of pyridine rings is 1. The third-order valence-electron chi connectivity index (χ3n) is 2.88. The molecular formula is C16H19FN2. The Hall–Kier alpha value is -1.74. The monoisotopic (exact) mass is 258 g/mol. The first-order chi connectivity index (χ1) is 9.04. The van der Waals surface area contributed by atoms with Crippen molar-refractivity contribution in [2.45, 2.75) is 33.4 Å². The fourth-order valence-electron chi connectivity index (χ4n) is 1.97. The molecule has 0 amide bonds. The van der Waals surface area contributed by atoms with E-state index in [2.05, 4.69) is 30.2 Å². The number of nitrogens with one attached hydrogen (secondary N) is 1. The smallest absolute Gasteiger partial charge is 0.124 e. The predicted molar refractivity (Wildman–Crippen MR) is 76.3 cm³/mol. The second-order valence-electron chi connectivity index (χ2n) is 5.13. The molecule has 1 aromatic heterocycles. The molecule has 0 fully saturated rings. The standard InChI is InChI=1S/C16H19FN2/c1-11(2)19-9-13-6-15(10-18-8-13)14-4-12(3)5-16(17)7-14/h4-8,10-11,19H,9H2,1-3H3. The van der Waals surface area contributed by atoms with E-state index in [1.54, 1.807) is 12.3 Å². The van der Waals surface area contributed by atoms with E-state index >= 15 is 0 Å². The molecule has 0 saturated heterocycles. The Morgan fingerprint density at radius 3 is 2.58 bits per heavy atom. The van der Waals surface area contributed by atoms with Crippen LogP contribution in [0, 0.1) is 12.7 Å². The first-order valence-electron chi connectivity index (χ1n) is 6.49. The van der Waals surface area contributed by atoms with Crippen molar-refractivity contribution in [2.24, 2.45) is 0 Å². The van der Waals surface area contributed by atoms with Gasteiger partial charge in [-0.05, 0) is 41.8 Å². The number of aromatic nitrogens is 1. The van der Waals surface area contributed by atoms with Gasteiger partial charge in [0.15, 0.2) is 0 Å². The average Bonchev–Trinajstić information content (AvgIpc) is 2.35. The lowest BCUT2D eigenvalue weighted by Gasteiger charge is -2.09. The summed E-state index contributed by atoms with van der Waals surface area (Å²) in [5.74, 6) is -0.208. The molecule has 0 unspecified atom stereocenters. The van der Waals surface area contributed by atoms with Gasteiger partial charge in [-0.25, -0.2) is 4.39 Å². The number of nitrogens with zero attached hydrogens (tertiary/aromatic N) is 1. The molecule has 0 radical (unpaired) electrons. The van der Waals surface area contributed by atoms with Crippen LogP contribution in [0.3, 0.4) is 0 Å². The van der Waals surface area contributed by atoms with Crippen molar-refractivity contribution in [1.82, 2.24) is 10.3 Å². The SMILES string of the molecule is Cc1cc(F)cc(-c2cncc(CNC(C)C)c2)c1. The highest BCUT2D eigenvalue weighted by Gasteiger charge is 2.03. The summed E-state index contributed by atoms with van der Waals surface area (Å²) in [5.41, 5.74) is 3.84. The summed E-state index contributed by atoms with van der Waals surface area (Å²) in [7, 11) is 0. The molecule has 0 spiro atoms. The van der Waals surface area contributed by atoms with E-state index in [1.807, 2.05) is 19.2 Å². The van der Waals surface area contributed by atoms with E-state index < -0.39 is 0 Å². The highest BCUT2D eigenvalue weighted by molar-refractivity contribution is 5.63. The molecular weight excluding hydrogens is 239 g/mol. The molecule has 100 valence electrons. The Kier molecular flexibility index (Phi) is 4.27. The van der Waals surface area contributed by atoms with Gasteiger partial charge in [-0.2, -0.15) is 0 Å². The summed E-state index contributed by atoms with van der Waals surface area (Å²) in [4.78, 5) is 4.24. The van der Waals surface area contributed by atoms with Crippen molar-refractivity contribution >= 4 is 0 Å². The Bertz CT molecular complexity index is 544. The highest BCUT2D eigenvalue weighted by atomic mass is 19.1. The third kappa shape index (κ3) is 3.86. The number of hydrogen-bond donors (Lipinski definition) is 1. The zero-order valence-electron chi connectivity index (χ0n) is 11.6. The fourth-order valence-corrected chi connectivity index (χ4v) is 1.97. The van der Waals surface area contributed by atoms with Gasteiger partial charge in [-0.15, -0.1) is 0 Å². The quantitative estimate of drug-likeness (QED) is 0.904. The van der Waals surface area contributed by atoms with E-state index in [0.717, 1.165) is 28.8 Å². The fraction of sp³-hybridized carbons (Fsp3) is 0.312. The van der Waals surface area contributed by atoms with Gasteiger partial charge in [0.1, 0.15) is 5.82 Å². The molecule has 0 aliphatic heterocycles. The largest absolute Gasteiger partial charge is 0.310 e. The van der Waals surface area contributed by atoms with Gasteiger partial charge >= 0.3 is 0 Å². The van der Waals surface area contributed by atoms with Crippen molar-refractivity contribution in [3.63, 3.8) is 0 Å². The van der Waals surface area contributed by atoms with Crippen molar-refractivity contribution in [3.8, 4) is 11.1 Å². The number of hydrogen-bond acceptors (Lipinski definition) is 2. The van der Waals surface area contributed by atoms with Crippen LogP contribution in [0.1, 0.15) is 25.0 Å². The lowest BCUT2D eigenvalue weighted by molar-refractivity contribution is 0.588. The molecule has 0 saturated carbocycles. The van der Waals surface area contributed by atoms with Crippen LogP contribution in [0.2, 0.25) is 0 Å². The molecule has 1 heterocycles. The van der Waals surface area contributed by atoms with E-state index in [4.69, 9.17) is 0 Å². The van der Waals surface area contributed by atoms with Crippen LogP contribution in [0.5, 0.6) is 0 Å². The number of aryl methyl sites for hydroxylation is 1. The summed E-state index contributed by atoms with van der Waals surface area (Å²) in [6, 6.07) is 7.53. The van der Waals surface area contributed by atoms with Gasteiger partial charge in [0, 0.05) is 30.5 Å². The van der Waals surface area contributed by atoms with Crippen LogP contribution in [0.25, 0.3) is 11.1 Å². The summed E-state index contributed by atoms with van der Waals surface area (Å²) in [6.07, 6.45) is 3.61.